The first-order valence-electron chi connectivity index (χ1n) is 11.4. The first-order chi connectivity index (χ1) is 14.7. The second kappa shape index (κ2) is 7.79. The second-order valence-electron chi connectivity index (χ2n) is 8.63. The van der Waals surface area contributed by atoms with Gasteiger partial charge in [0.15, 0.2) is 0 Å². The summed E-state index contributed by atoms with van der Waals surface area (Å²) in [4.78, 5) is 20.6. The Morgan fingerprint density at radius 3 is 1.87 bits per heavy atom. The number of fused-ring (bicyclic) bond motifs is 2. The summed E-state index contributed by atoms with van der Waals surface area (Å²) in [7, 11) is 0. The van der Waals surface area contributed by atoms with Gasteiger partial charge in [0.1, 0.15) is 5.78 Å². The number of hydrogen-bond donors (Lipinski definition) is 2. The fourth-order valence-electron chi connectivity index (χ4n) is 5.62. The summed E-state index contributed by atoms with van der Waals surface area (Å²) in [6, 6.07) is 17.2. The summed E-state index contributed by atoms with van der Waals surface area (Å²) in [6.07, 6.45) is 5.74. The van der Waals surface area contributed by atoms with Crippen molar-refractivity contribution >= 4 is 27.6 Å². The Kier molecular flexibility index (Phi) is 4.98. The van der Waals surface area contributed by atoms with E-state index in [1.54, 1.807) is 0 Å². The van der Waals surface area contributed by atoms with Crippen LogP contribution in [0.25, 0.3) is 21.8 Å². The number of aromatic nitrogens is 2. The lowest BCUT2D eigenvalue weighted by molar-refractivity contribution is -0.125. The van der Waals surface area contributed by atoms with Crippen molar-refractivity contribution in [2.45, 2.75) is 58.3 Å². The van der Waals surface area contributed by atoms with E-state index >= 15 is 0 Å². The number of carbonyl (C=O) groups excluding carboxylic acids is 1. The van der Waals surface area contributed by atoms with Crippen LogP contribution in [0.1, 0.15) is 68.0 Å². The summed E-state index contributed by atoms with van der Waals surface area (Å²) in [5, 5.41) is 2.54. The van der Waals surface area contributed by atoms with Gasteiger partial charge in [0.2, 0.25) is 0 Å². The smallest absolute Gasteiger partial charge is 0.136 e. The standard InChI is InChI=1S/C27H30N2O/c1-3-20-25(17-11-5-8-14-22(17)28-20)27(19-13-7-10-16-24(19)30)26-18-12-6-9-15-23(18)29-21(26)4-2/h5-6,8-9,11-12,14-15,19,27-29H,3-4,7,10,13,16H2,1-2H3/t19-/m1/s1. The van der Waals surface area contributed by atoms with Crippen LogP contribution in [0, 0.1) is 5.92 Å². The first-order valence-corrected chi connectivity index (χ1v) is 11.4. The minimum absolute atomic E-state index is 0.0489. The van der Waals surface area contributed by atoms with Gasteiger partial charge >= 0.3 is 0 Å². The number of nitrogens with one attached hydrogen (secondary N) is 2. The van der Waals surface area contributed by atoms with E-state index in [9.17, 15) is 4.79 Å². The van der Waals surface area contributed by atoms with Gasteiger partial charge < -0.3 is 9.97 Å². The quantitative estimate of drug-likeness (QED) is 0.388. The number of aromatic amines is 2. The Morgan fingerprint density at radius 2 is 1.37 bits per heavy atom. The molecule has 1 aliphatic rings. The zero-order valence-corrected chi connectivity index (χ0v) is 17.9. The van der Waals surface area contributed by atoms with Crippen LogP contribution >= 0.6 is 0 Å². The Labute approximate surface area is 177 Å². The van der Waals surface area contributed by atoms with Gasteiger partial charge in [-0.2, -0.15) is 0 Å². The topological polar surface area (TPSA) is 48.6 Å². The van der Waals surface area contributed by atoms with Crippen molar-refractivity contribution in [1.82, 2.24) is 9.97 Å². The van der Waals surface area contributed by atoms with Gasteiger partial charge in [-0.15, -0.1) is 0 Å². The molecule has 3 nitrogen and oxygen atoms in total. The third-order valence-electron chi connectivity index (χ3n) is 6.99. The van der Waals surface area contributed by atoms with E-state index in [4.69, 9.17) is 0 Å². The lowest BCUT2D eigenvalue weighted by Crippen LogP contribution is -2.27. The van der Waals surface area contributed by atoms with Crippen molar-refractivity contribution < 1.29 is 4.79 Å². The average molecular weight is 399 g/mol. The maximum Gasteiger partial charge on any atom is 0.136 e. The molecule has 30 heavy (non-hydrogen) atoms. The molecule has 5 rings (SSSR count). The van der Waals surface area contributed by atoms with E-state index in [0.717, 1.165) is 38.5 Å². The highest BCUT2D eigenvalue weighted by atomic mass is 16.1. The van der Waals surface area contributed by atoms with Gasteiger partial charge in [-0.1, -0.05) is 56.7 Å². The lowest BCUT2D eigenvalue weighted by atomic mass is 9.71. The third kappa shape index (κ3) is 2.99. The third-order valence-corrected chi connectivity index (χ3v) is 6.99. The molecule has 3 heteroatoms. The minimum Gasteiger partial charge on any atom is -0.358 e. The number of rotatable bonds is 5. The Balaban J connectivity index is 1.84. The fourth-order valence-corrected chi connectivity index (χ4v) is 5.62. The molecule has 1 saturated carbocycles. The highest BCUT2D eigenvalue weighted by Gasteiger charge is 2.37. The number of Topliss-reactive ketones (excluding diaryl/α,β-unsaturated/α-hetero) is 1. The van der Waals surface area contributed by atoms with E-state index in [-0.39, 0.29) is 11.8 Å². The zero-order chi connectivity index (χ0) is 20.7. The van der Waals surface area contributed by atoms with Gasteiger partial charge in [0, 0.05) is 51.5 Å². The summed E-state index contributed by atoms with van der Waals surface area (Å²) >= 11 is 0. The summed E-state index contributed by atoms with van der Waals surface area (Å²) in [6.45, 7) is 4.42. The molecular formula is C27H30N2O. The van der Waals surface area contributed by atoms with Gasteiger partial charge in [0.25, 0.3) is 0 Å². The van der Waals surface area contributed by atoms with Crippen LogP contribution in [0.5, 0.6) is 0 Å². The second-order valence-corrected chi connectivity index (χ2v) is 8.63. The van der Waals surface area contributed by atoms with Gasteiger partial charge in [-0.25, -0.2) is 0 Å². The summed E-state index contributed by atoms with van der Waals surface area (Å²) in [5.41, 5.74) is 7.57. The number of para-hydroxylation sites is 2. The number of benzene rings is 2. The minimum atomic E-state index is 0.0489. The van der Waals surface area contributed by atoms with Crippen LogP contribution in [0.3, 0.4) is 0 Å². The predicted octanol–water partition coefficient (Wildman–Crippen LogP) is 6.67. The van der Waals surface area contributed by atoms with Gasteiger partial charge in [-0.3, -0.25) is 4.79 Å². The van der Waals surface area contributed by atoms with E-state index < -0.39 is 0 Å². The molecule has 2 aromatic heterocycles. The number of hydrogen-bond acceptors (Lipinski definition) is 1. The van der Waals surface area contributed by atoms with Crippen molar-refractivity contribution in [1.29, 1.82) is 0 Å². The number of ketones is 1. The largest absolute Gasteiger partial charge is 0.358 e. The van der Waals surface area contributed by atoms with Crippen LogP contribution < -0.4 is 0 Å². The summed E-state index contributed by atoms with van der Waals surface area (Å²) < 4.78 is 0. The van der Waals surface area contributed by atoms with Gasteiger partial charge in [-0.05, 0) is 48.9 Å². The van der Waals surface area contributed by atoms with Gasteiger partial charge in [0.05, 0.1) is 0 Å². The molecule has 0 spiro atoms. The maximum atomic E-state index is 13.3. The molecule has 2 heterocycles. The van der Waals surface area contributed by atoms with E-state index in [0.29, 0.717) is 5.78 Å². The Hall–Kier alpha value is -2.81. The molecule has 0 aliphatic heterocycles. The Morgan fingerprint density at radius 1 is 0.833 bits per heavy atom. The molecule has 1 atom stereocenters. The fraction of sp³-hybridized carbons (Fsp3) is 0.370. The van der Waals surface area contributed by atoms with Crippen LogP contribution in [0.15, 0.2) is 48.5 Å². The van der Waals surface area contributed by atoms with Crippen LogP contribution in [0.4, 0.5) is 0 Å². The molecule has 2 aromatic carbocycles. The molecule has 2 N–H and O–H groups in total. The van der Waals surface area contributed by atoms with Crippen molar-refractivity contribution in [2.75, 3.05) is 0 Å². The highest BCUT2D eigenvalue weighted by molar-refractivity contribution is 5.93. The number of carbonyl (C=O) groups is 1. The van der Waals surface area contributed by atoms with Crippen LogP contribution in [0.2, 0.25) is 0 Å². The lowest BCUT2D eigenvalue weighted by Gasteiger charge is -2.31. The Bertz CT molecular complexity index is 1130. The molecule has 0 bridgehead atoms. The number of H-pyrrole nitrogens is 2. The highest BCUT2D eigenvalue weighted by Crippen LogP contribution is 2.46. The molecule has 1 fully saturated rings. The maximum absolute atomic E-state index is 13.3. The van der Waals surface area contributed by atoms with E-state index in [1.807, 2.05) is 0 Å². The van der Waals surface area contributed by atoms with Crippen molar-refractivity contribution in [2.24, 2.45) is 5.92 Å². The molecule has 4 aromatic rings. The SMILES string of the molecule is CCc1[nH]c2ccccc2c1C(c1c(CC)[nH]c2ccccc12)[C@@H]1CCCCC1=O. The molecule has 1 aliphatic carbocycles. The monoisotopic (exact) mass is 398 g/mol. The zero-order valence-electron chi connectivity index (χ0n) is 17.9. The predicted molar refractivity (Wildman–Crippen MR) is 124 cm³/mol. The van der Waals surface area contributed by atoms with Crippen molar-refractivity contribution in [3.8, 4) is 0 Å². The molecule has 0 amide bonds. The molecule has 154 valence electrons. The number of aryl methyl sites for hydroxylation is 2. The van der Waals surface area contributed by atoms with Crippen molar-refractivity contribution in [3.05, 3.63) is 71.0 Å². The van der Waals surface area contributed by atoms with Crippen LogP contribution in [-0.4, -0.2) is 15.8 Å². The normalized spacial score (nSPS) is 17.4. The molecule has 0 saturated heterocycles. The van der Waals surface area contributed by atoms with E-state index in [1.165, 1.54) is 44.3 Å². The summed E-state index contributed by atoms with van der Waals surface area (Å²) in [5.74, 6) is 0.577. The molecule has 0 unspecified atom stereocenters. The molecule has 0 radical (unpaired) electrons. The molecular weight excluding hydrogens is 368 g/mol. The first kappa shape index (κ1) is 19.2. The van der Waals surface area contributed by atoms with Crippen LogP contribution in [-0.2, 0) is 17.6 Å². The average Bonchev–Trinajstić information content (AvgIpc) is 3.34. The van der Waals surface area contributed by atoms with E-state index in [2.05, 4.69) is 72.3 Å². The van der Waals surface area contributed by atoms with Crippen molar-refractivity contribution in [3.63, 3.8) is 0 Å².